The van der Waals surface area contributed by atoms with Gasteiger partial charge < -0.3 is 20.3 Å². The van der Waals surface area contributed by atoms with Gasteiger partial charge in [-0.15, -0.1) is 0 Å². The number of nitrogens with zero attached hydrogens (tertiary/aromatic N) is 1. The molecule has 0 bridgehead atoms. The van der Waals surface area contributed by atoms with Crippen LogP contribution in [0.2, 0.25) is 0 Å². The van der Waals surface area contributed by atoms with Crippen LogP contribution in [-0.4, -0.2) is 54.5 Å². The molecule has 0 saturated heterocycles. The summed E-state index contributed by atoms with van der Waals surface area (Å²) in [6.07, 6.45) is 0. The Morgan fingerprint density at radius 1 is 1.19 bits per heavy atom. The first-order valence-corrected chi connectivity index (χ1v) is 8.79. The van der Waals surface area contributed by atoms with E-state index < -0.39 is 17.9 Å². The lowest BCUT2D eigenvalue weighted by Gasteiger charge is -2.22. The predicted octanol–water partition coefficient (Wildman–Crippen LogP) is 1.05. The van der Waals surface area contributed by atoms with Crippen molar-refractivity contribution in [2.45, 2.75) is 26.8 Å². The first-order chi connectivity index (χ1) is 12.2. The number of ether oxygens (including phenoxy) is 1. The van der Waals surface area contributed by atoms with Crippen molar-refractivity contribution in [3.05, 3.63) is 34.3 Å². The molecule has 0 spiro atoms. The topological polar surface area (TPSA) is 105 Å². The Hall–Kier alpha value is -2.42. The number of carbonyl (C=O) groups excluding carboxylic acids is 4. The van der Waals surface area contributed by atoms with Gasteiger partial charge in [-0.1, -0.05) is 15.9 Å². The van der Waals surface area contributed by atoms with Gasteiger partial charge in [0.1, 0.15) is 12.6 Å². The number of amides is 3. The minimum Gasteiger partial charge on any atom is -0.464 e. The smallest absolute Gasteiger partial charge is 0.328 e. The van der Waals surface area contributed by atoms with Crippen LogP contribution >= 0.6 is 15.9 Å². The number of benzene rings is 1. The molecule has 0 aliphatic heterocycles. The second-order valence-corrected chi connectivity index (χ2v) is 6.34. The van der Waals surface area contributed by atoms with Crippen molar-refractivity contribution in [3.8, 4) is 0 Å². The fourth-order valence-electron chi connectivity index (χ4n) is 1.94. The van der Waals surface area contributed by atoms with Crippen LogP contribution in [0.15, 0.2) is 28.7 Å². The molecule has 1 unspecified atom stereocenters. The summed E-state index contributed by atoms with van der Waals surface area (Å²) in [5.74, 6) is -1.85. The SMILES string of the molecule is CCOC(=O)C(C)NC(=O)CN(CNC(=O)c1ccc(Br)cc1)C(C)=O. The summed E-state index contributed by atoms with van der Waals surface area (Å²) in [6.45, 7) is 4.22. The number of hydrogen-bond acceptors (Lipinski definition) is 5. The van der Waals surface area contributed by atoms with Crippen molar-refractivity contribution in [1.82, 2.24) is 15.5 Å². The second kappa shape index (κ2) is 10.5. The molecule has 0 fully saturated rings. The van der Waals surface area contributed by atoms with Crippen LogP contribution < -0.4 is 10.6 Å². The average molecular weight is 428 g/mol. The summed E-state index contributed by atoms with van der Waals surface area (Å²) in [5, 5.41) is 5.03. The Bertz CT molecular complexity index is 663. The molecule has 9 heteroatoms. The van der Waals surface area contributed by atoms with Gasteiger partial charge in [0.05, 0.1) is 13.3 Å². The van der Waals surface area contributed by atoms with Crippen LogP contribution in [-0.2, 0) is 19.1 Å². The van der Waals surface area contributed by atoms with E-state index in [9.17, 15) is 19.2 Å². The summed E-state index contributed by atoms with van der Waals surface area (Å²) in [5.41, 5.74) is 0.428. The molecule has 0 aliphatic carbocycles. The van der Waals surface area contributed by atoms with Gasteiger partial charge in [-0.3, -0.25) is 14.4 Å². The molecular weight excluding hydrogens is 406 g/mol. The third-order valence-corrected chi connectivity index (χ3v) is 3.86. The summed E-state index contributed by atoms with van der Waals surface area (Å²) in [6, 6.07) is 5.88. The maximum Gasteiger partial charge on any atom is 0.328 e. The van der Waals surface area contributed by atoms with Gasteiger partial charge in [0.25, 0.3) is 5.91 Å². The largest absolute Gasteiger partial charge is 0.464 e. The zero-order valence-electron chi connectivity index (χ0n) is 14.9. The zero-order valence-corrected chi connectivity index (χ0v) is 16.5. The molecule has 142 valence electrons. The molecular formula is C17H22BrN3O5. The highest BCUT2D eigenvalue weighted by atomic mass is 79.9. The highest BCUT2D eigenvalue weighted by Gasteiger charge is 2.20. The van der Waals surface area contributed by atoms with Crippen molar-refractivity contribution < 1.29 is 23.9 Å². The molecule has 0 radical (unpaired) electrons. The Labute approximate surface area is 160 Å². The quantitative estimate of drug-likeness (QED) is 0.476. The first-order valence-electron chi connectivity index (χ1n) is 7.99. The van der Waals surface area contributed by atoms with E-state index in [1.807, 2.05) is 0 Å². The normalized spacial score (nSPS) is 11.2. The van der Waals surface area contributed by atoms with Gasteiger partial charge in [-0.05, 0) is 38.1 Å². The zero-order chi connectivity index (χ0) is 19.7. The molecule has 2 N–H and O–H groups in total. The predicted molar refractivity (Wildman–Crippen MR) is 98.1 cm³/mol. The molecule has 0 saturated carbocycles. The number of carbonyl (C=O) groups is 4. The third kappa shape index (κ3) is 7.22. The van der Waals surface area contributed by atoms with E-state index in [4.69, 9.17) is 4.74 Å². The summed E-state index contributed by atoms with van der Waals surface area (Å²) < 4.78 is 5.64. The fraction of sp³-hybridized carbons (Fsp3) is 0.412. The van der Waals surface area contributed by atoms with Gasteiger partial charge in [-0.25, -0.2) is 4.79 Å². The van der Waals surface area contributed by atoms with Crippen LogP contribution in [0.25, 0.3) is 0 Å². The van der Waals surface area contributed by atoms with Crippen molar-refractivity contribution in [3.63, 3.8) is 0 Å². The Morgan fingerprint density at radius 2 is 1.81 bits per heavy atom. The van der Waals surface area contributed by atoms with Crippen molar-refractivity contribution in [2.75, 3.05) is 19.8 Å². The summed E-state index contributed by atoms with van der Waals surface area (Å²) in [7, 11) is 0. The molecule has 3 amide bonds. The molecule has 0 aliphatic rings. The van der Waals surface area contributed by atoms with E-state index in [2.05, 4.69) is 26.6 Å². The van der Waals surface area contributed by atoms with Crippen molar-refractivity contribution in [2.24, 2.45) is 0 Å². The van der Waals surface area contributed by atoms with Gasteiger partial charge >= 0.3 is 5.97 Å². The molecule has 1 rings (SSSR count). The van der Waals surface area contributed by atoms with Crippen molar-refractivity contribution in [1.29, 1.82) is 0 Å². The molecule has 1 aromatic carbocycles. The van der Waals surface area contributed by atoms with Gasteiger partial charge in [0.2, 0.25) is 11.8 Å². The summed E-state index contributed by atoms with van der Waals surface area (Å²) in [4.78, 5) is 48.4. The maximum atomic E-state index is 12.1. The van der Waals surface area contributed by atoms with Crippen LogP contribution in [0.1, 0.15) is 31.1 Å². The number of nitrogens with one attached hydrogen (secondary N) is 2. The first kappa shape index (κ1) is 21.6. The molecule has 1 aromatic rings. The van der Waals surface area contributed by atoms with Crippen LogP contribution in [0.3, 0.4) is 0 Å². The minimum atomic E-state index is -0.825. The minimum absolute atomic E-state index is 0.133. The average Bonchev–Trinajstić information content (AvgIpc) is 2.58. The Balaban J connectivity index is 2.56. The lowest BCUT2D eigenvalue weighted by molar-refractivity contribution is -0.147. The highest BCUT2D eigenvalue weighted by Crippen LogP contribution is 2.10. The van der Waals surface area contributed by atoms with Crippen molar-refractivity contribution >= 4 is 39.6 Å². The molecule has 8 nitrogen and oxygen atoms in total. The van der Waals surface area contributed by atoms with E-state index in [0.29, 0.717) is 5.56 Å². The molecule has 0 heterocycles. The fourth-order valence-corrected chi connectivity index (χ4v) is 2.20. The standard InChI is InChI=1S/C17H22BrN3O5/c1-4-26-17(25)11(2)20-15(23)9-21(12(3)22)10-19-16(24)13-5-7-14(18)8-6-13/h5-8,11H,4,9-10H2,1-3H3,(H,19,24)(H,20,23). The number of esters is 1. The number of halogens is 1. The second-order valence-electron chi connectivity index (χ2n) is 5.43. The van der Waals surface area contributed by atoms with Crippen LogP contribution in [0.4, 0.5) is 0 Å². The van der Waals surface area contributed by atoms with E-state index in [1.165, 1.54) is 13.8 Å². The van der Waals surface area contributed by atoms with Gasteiger partial charge in [-0.2, -0.15) is 0 Å². The lowest BCUT2D eigenvalue weighted by atomic mass is 10.2. The lowest BCUT2D eigenvalue weighted by Crippen LogP contribution is -2.48. The van der Waals surface area contributed by atoms with Gasteiger partial charge in [0.15, 0.2) is 0 Å². The number of hydrogen-bond donors (Lipinski definition) is 2. The highest BCUT2D eigenvalue weighted by molar-refractivity contribution is 9.10. The Morgan fingerprint density at radius 3 is 2.35 bits per heavy atom. The van der Waals surface area contributed by atoms with Gasteiger partial charge in [0, 0.05) is 17.0 Å². The van der Waals surface area contributed by atoms with E-state index in [1.54, 1.807) is 31.2 Å². The van der Waals surface area contributed by atoms with E-state index in [0.717, 1.165) is 9.37 Å². The summed E-state index contributed by atoms with van der Waals surface area (Å²) >= 11 is 3.28. The monoisotopic (exact) mass is 427 g/mol. The molecule has 0 aromatic heterocycles. The van der Waals surface area contributed by atoms with E-state index >= 15 is 0 Å². The number of rotatable bonds is 8. The third-order valence-electron chi connectivity index (χ3n) is 3.33. The van der Waals surface area contributed by atoms with Crippen LogP contribution in [0, 0.1) is 0 Å². The van der Waals surface area contributed by atoms with Crippen LogP contribution in [0.5, 0.6) is 0 Å². The molecule has 26 heavy (non-hydrogen) atoms. The molecule has 1 atom stereocenters. The Kier molecular flexibility index (Phi) is 8.77. The van der Waals surface area contributed by atoms with E-state index in [-0.39, 0.29) is 31.6 Å². The maximum absolute atomic E-state index is 12.1.